The van der Waals surface area contributed by atoms with E-state index in [4.69, 9.17) is 17.3 Å². The van der Waals surface area contributed by atoms with Crippen molar-refractivity contribution in [3.05, 3.63) is 47.1 Å². The van der Waals surface area contributed by atoms with Crippen LogP contribution in [0, 0.1) is 5.92 Å². The lowest BCUT2D eigenvalue weighted by Gasteiger charge is -2.21. The average Bonchev–Trinajstić information content (AvgIpc) is 2.94. The van der Waals surface area contributed by atoms with E-state index in [1.54, 1.807) is 42.2 Å². The molecule has 0 spiro atoms. The molecular formula is C19H21ClN4O2. The van der Waals surface area contributed by atoms with Gasteiger partial charge in [-0.15, -0.1) is 0 Å². The van der Waals surface area contributed by atoms with Crippen molar-refractivity contribution in [3.63, 3.8) is 0 Å². The molecule has 6 nitrogen and oxygen atoms in total. The second-order valence-corrected chi connectivity index (χ2v) is 7.11. The molecule has 2 heterocycles. The molecule has 2 aromatic rings. The van der Waals surface area contributed by atoms with Gasteiger partial charge in [-0.05, 0) is 23.8 Å². The van der Waals surface area contributed by atoms with Gasteiger partial charge < -0.3 is 15.5 Å². The smallest absolute Gasteiger partial charge is 0.253 e. The number of hydrogen-bond donors (Lipinski definition) is 1. The number of nitrogens with zero attached hydrogens (tertiary/aromatic N) is 3. The Morgan fingerprint density at radius 2 is 2.15 bits per heavy atom. The number of aromatic nitrogens is 1. The fourth-order valence-electron chi connectivity index (χ4n) is 3.21. The topological polar surface area (TPSA) is 79.5 Å². The maximum Gasteiger partial charge on any atom is 0.253 e. The molecule has 1 aliphatic heterocycles. The van der Waals surface area contributed by atoms with Crippen molar-refractivity contribution in [2.45, 2.75) is 6.42 Å². The predicted octanol–water partition coefficient (Wildman–Crippen LogP) is 2.53. The highest BCUT2D eigenvalue weighted by Gasteiger charge is 2.28. The molecule has 0 aliphatic carbocycles. The maximum absolute atomic E-state index is 12.8. The third-order valence-electron chi connectivity index (χ3n) is 4.61. The van der Waals surface area contributed by atoms with Gasteiger partial charge in [0, 0.05) is 56.8 Å². The van der Waals surface area contributed by atoms with Gasteiger partial charge in [-0.2, -0.15) is 0 Å². The number of carbonyl (C=O) groups is 2. The number of halogens is 1. The number of nitrogen functional groups attached to an aromatic ring is 1. The molecule has 1 fully saturated rings. The number of nitrogens with two attached hydrogens (primary N) is 1. The predicted molar refractivity (Wildman–Crippen MR) is 102 cm³/mol. The number of likely N-dealkylation sites (tertiary alicyclic amines) is 1. The minimum absolute atomic E-state index is 0.0802. The largest absolute Gasteiger partial charge is 0.382 e. The van der Waals surface area contributed by atoms with Gasteiger partial charge >= 0.3 is 0 Å². The van der Waals surface area contributed by atoms with Crippen molar-refractivity contribution in [2.75, 3.05) is 32.9 Å². The molecule has 2 N–H and O–H groups in total. The zero-order valence-electron chi connectivity index (χ0n) is 14.8. The van der Waals surface area contributed by atoms with Gasteiger partial charge in [0.1, 0.15) is 5.82 Å². The Morgan fingerprint density at radius 3 is 2.81 bits per heavy atom. The quantitative estimate of drug-likeness (QED) is 0.894. The third kappa shape index (κ3) is 3.80. The van der Waals surface area contributed by atoms with Crippen molar-refractivity contribution in [3.8, 4) is 11.1 Å². The fourth-order valence-corrected chi connectivity index (χ4v) is 3.37. The Morgan fingerprint density at radius 1 is 1.38 bits per heavy atom. The van der Waals surface area contributed by atoms with E-state index in [-0.39, 0.29) is 23.6 Å². The van der Waals surface area contributed by atoms with E-state index in [0.717, 1.165) is 11.1 Å². The lowest BCUT2D eigenvalue weighted by atomic mass is 10.0. The lowest BCUT2D eigenvalue weighted by Crippen LogP contribution is -2.32. The summed E-state index contributed by atoms with van der Waals surface area (Å²) in [5.74, 6) is 0.497. The van der Waals surface area contributed by atoms with E-state index in [2.05, 4.69) is 4.98 Å². The summed E-state index contributed by atoms with van der Waals surface area (Å²) in [5, 5.41) is 0.381. The first-order valence-electron chi connectivity index (χ1n) is 8.36. The molecule has 0 saturated carbocycles. The summed E-state index contributed by atoms with van der Waals surface area (Å²) in [6, 6.07) is 9.05. The van der Waals surface area contributed by atoms with Crippen molar-refractivity contribution in [1.29, 1.82) is 0 Å². The van der Waals surface area contributed by atoms with Crippen LogP contribution in [0.15, 0.2) is 36.5 Å². The summed E-state index contributed by atoms with van der Waals surface area (Å²) < 4.78 is 0. The normalized spacial score (nSPS) is 16.8. The summed E-state index contributed by atoms with van der Waals surface area (Å²) >= 11 is 6.04. The molecule has 7 heteroatoms. The van der Waals surface area contributed by atoms with Gasteiger partial charge in [0.25, 0.3) is 5.91 Å². The van der Waals surface area contributed by atoms with Crippen LogP contribution in [-0.2, 0) is 4.79 Å². The Hall–Kier alpha value is -2.60. The summed E-state index contributed by atoms with van der Waals surface area (Å²) in [6.45, 7) is 1.24. The van der Waals surface area contributed by atoms with Crippen LogP contribution in [0.2, 0.25) is 5.02 Å². The number of hydrogen-bond acceptors (Lipinski definition) is 4. The van der Waals surface area contributed by atoms with E-state index in [1.165, 1.54) is 0 Å². The van der Waals surface area contributed by atoms with Gasteiger partial charge in [0.05, 0.1) is 5.02 Å². The highest BCUT2D eigenvalue weighted by atomic mass is 35.5. The molecule has 1 atom stereocenters. The van der Waals surface area contributed by atoms with Gasteiger partial charge in [-0.3, -0.25) is 9.59 Å². The van der Waals surface area contributed by atoms with Crippen molar-refractivity contribution >= 4 is 29.2 Å². The highest BCUT2D eigenvalue weighted by molar-refractivity contribution is 6.33. The van der Waals surface area contributed by atoms with Crippen molar-refractivity contribution in [1.82, 2.24) is 14.8 Å². The summed E-state index contributed by atoms with van der Waals surface area (Å²) in [7, 11) is 3.55. The molecule has 26 heavy (non-hydrogen) atoms. The monoisotopic (exact) mass is 372 g/mol. The first-order chi connectivity index (χ1) is 12.3. The summed E-state index contributed by atoms with van der Waals surface area (Å²) in [6.07, 6.45) is 2.12. The number of anilines is 1. The number of carbonyl (C=O) groups excluding carboxylic acids is 2. The number of pyridine rings is 1. The maximum atomic E-state index is 12.8. The Bertz CT molecular complexity index is 855. The lowest BCUT2D eigenvalue weighted by molar-refractivity contribution is -0.126. The van der Waals surface area contributed by atoms with E-state index in [0.29, 0.717) is 30.1 Å². The SMILES string of the molecule is CN1CC(CN(C)C(=O)c2cccc(-c3cnc(N)c(Cl)c3)c2)CC1=O. The van der Waals surface area contributed by atoms with Crippen LogP contribution in [0.25, 0.3) is 11.1 Å². The molecule has 3 rings (SSSR count). The Kier molecular flexibility index (Phi) is 5.13. The van der Waals surface area contributed by atoms with Gasteiger partial charge in [0.15, 0.2) is 0 Å². The van der Waals surface area contributed by atoms with Gasteiger partial charge in [0.2, 0.25) is 5.91 Å². The zero-order chi connectivity index (χ0) is 18.8. The van der Waals surface area contributed by atoms with Crippen LogP contribution in [0.1, 0.15) is 16.8 Å². The molecule has 1 aromatic heterocycles. The number of rotatable bonds is 4. The Balaban J connectivity index is 1.75. The van der Waals surface area contributed by atoms with Crippen LogP contribution in [0.3, 0.4) is 0 Å². The molecular weight excluding hydrogens is 352 g/mol. The molecule has 1 aliphatic rings. The first kappa shape index (κ1) is 18.2. The molecule has 1 saturated heterocycles. The second kappa shape index (κ2) is 7.33. The molecule has 1 aromatic carbocycles. The number of benzene rings is 1. The fraction of sp³-hybridized carbons (Fsp3) is 0.316. The van der Waals surface area contributed by atoms with Gasteiger partial charge in [-0.1, -0.05) is 23.7 Å². The molecule has 136 valence electrons. The average molecular weight is 373 g/mol. The van der Waals surface area contributed by atoms with E-state index < -0.39 is 0 Å². The minimum atomic E-state index is -0.0802. The van der Waals surface area contributed by atoms with E-state index in [9.17, 15) is 9.59 Å². The van der Waals surface area contributed by atoms with Crippen LogP contribution in [0.4, 0.5) is 5.82 Å². The van der Waals surface area contributed by atoms with Crippen molar-refractivity contribution in [2.24, 2.45) is 5.92 Å². The van der Waals surface area contributed by atoms with Crippen molar-refractivity contribution < 1.29 is 9.59 Å². The summed E-state index contributed by atoms with van der Waals surface area (Å²) in [5.41, 5.74) is 7.87. The zero-order valence-corrected chi connectivity index (χ0v) is 15.5. The van der Waals surface area contributed by atoms with Gasteiger partial charge in [-0.25, -0.2) is 4.98 Å². The Labute approximate surface area is 157 Å². The molecule has 2 amide bonds. The van der Waals surface area contributed by atoms with Crippen LogP contribution >= 0.6 is 11.6 Å². The minimum Gasteiger partial charge on any atom is -0.382 e. The number of amides is 2. The van der Waals surface area contributed by atoms with Crippen LogP contribution < -0.4 is 5.73 Å². The van der Waals surface area contributed by atoms with Crippen LogP contribution in [-0.4, -0.2) is 53.8 Å². The van der Waals surface area contributed by atoms with E-state index >= 15 is 0 Å². The molecule has 0 bridgehead atoms. The molecule has 1 unspecified atom stereocenters. The molecule has 0 radical (unpaired) electrons. The first-order valence-corrected chi connectivity index (χ1v) is 8.74. The second-order valence-electron chi connectivity index (χ2n) is 6.70. The third-order valence-corrected chi connectivity index (χ3v) is 4.92. The highest BCUT2D eigenvalue weighted by Crippen LogP contribution is 2.26. The van der Waals surface area contributed by atoms with Crippen LogP contribution in [0.5, 0.6) is 0 Å². The van der Waals surface area contributed by atoms with E-state index in [1.807, 2.05) is 18.2 Å². The summed E-state index contributed by atoms with van der Waals surface area (Å²) in [4.78, 5) is 31.9. The standard InChI is InChI=1S/C19H21ClN4O2/c1-23-10-12(6-17(23)25)11-24(2)19(26)14-5-3-4-13(7-14)15-8-16(20)18(21)22-9-15/h3-5,7-9,12H,6,10-11H2,1-2H3,(H2,21,22).